The number of esters is 1. The summed E-state index contributed by atoms with van der Waals surface area (Å²) < 4.78 is 6.11. The fraction of sp³-hybridized carbons (Fsp3) is 0.314. The van der Waals surface area contributed by atoms with Crippen LogP contribution in [-0.2, 0) is 22.6 Å². The second-order valence-electron chi connectivity index (χ2n) is 16.5. The Labute approximate surface area is 356 Å². The van der Waals surface area contributed by atoms with Crippen molar-refractivity contribution in [3.8, 4) is 5.75 Å². The number of phenols is 1. The summed E-state index contributed by atoms with van der Waals surface area (Å²) in [6.07, 6.45) is 2.81. The molecule has 2 aliphatic heterocycles. The number of hydrogen-bond donors (Lipinski definition) is 4. The predicted octanol–water partition coefficient (Wildman–Crippen LogP) is 7.66. The first-order chi connectivity index (χ1) is 29.8. The fourth-order valence-electron chi connectivity index (χ4n) is 8.92. The Bertz CT molecular complexity index is 2460. The molecule has 10 heteroatoms. The van der Waals surface area contributed by atoms with Crippen LogP contribution in [0.3, 0.4) is 0 Å². The number of hydrogen-bond acceptors (Lipinski definition) is 8. The number of rotatable bonds is 14. The largest absolute Gasteiger partial charge is 0.506 e. The molecule has 2 fully saturated rings. The molecule has 0 aliphatic carbocycles. The monoisotopic (exact) mass is 818 g/mol. The Kier molecular flexibility index (Phi) is 13.3. The molecule has 4 N–H and O–H groups in total. The molecule has 5 aromatic carbocycles. The number of H-pyrrole nitrogens is 1. The number of benzene rings is 5. The van der Waals surface area contributed by atoms with Crippen molar-refractivity contribution >= 4 is 22.8 Å². The molecule has 314 valence electrons. The number of likely N-dealkylation sites (tertiary alicyclic amines) is 2. The van der Waals surface area contributed by atoms with Crippen molar-refractivity contribution in [3.63, 3.8) is 0 Å². The Morgan fingerprint density at radius 1 is 0.754 bits per heavy atom. The van der Waals surface area contributed by atoms with Crippen LogP contribution in [0.2, 0.25) is 0 Å². The van der Waals surface area contributed by atoms with Gasteiger partial charge >= 0.3 is 5.97 Å². The predicted molar refractivity (Wildman–Crippen MR) is 237 cm³/mol. The van der Waals surface area contributed by atoms with E-state index in [2.05, 4.69) is 51.6 Å². The number of fused-ring (bicyclic) bond motifs is 1. The standard InChI is InChI=1S/C51H54N4O6/c56-45-20-18-43(44-19-21-47(58)53-49(44)45)46(57)32-52-31-35-14-16-40(17-15-35)50(59)55-28-24-38(25-29-55)41-12-7-13-42(30-41)48(39-10-5-2-6-11-39)51(60)61-34-37-22-26-54(27-23-37)33-36-8-3-1-4-9-36/h1-21,30,37-38,46,48,52,56-57H,22-29,31-34H2,(H,53,58). The first-order valence-corrected chi connectivity index (χ1v) is 21.5. The van der Waals surface area contributed by atoms with Crippen LogP contribution in [0.25, 0.3) is 10.9 Å². The molecule has 1 amide bonds. The van der Waals surface area contributed by atoms with Gasteiger partial charge in [-0.05, 0) is 108 Å². The summed E-state index contributed by atoms with van der Waals surface area (Å²) >= 11 is 0. The highest BCUT2D eigenvalue weighted by Gasteiger charge is 2.29. The van der Waals surface area contributed by atoms with Gasteiger partial charge in [0.1, 0.15) is 11.7 Å². The third-order valence-corrected chi connectivity index (χ3v) is 12.4. The van der Waals surface area contributed by atoms with E-state index in [0.717, 1.165) is 62.0 Å². The molecule has 0 bridgehead atoms. The smallest absolute Gasteiger partial charge is 0.317 e. The Morgan fingerprint density at radius 3 is 2.20 bits per heavy atom. The fourth-order valence-corrected chi connectivity index (χ4v) is 8.92. The second kappa shape index (κ2) is 19.5. The van der Waals surface area contributed by atoms with Gasteiger partial charge in [-0.2, -0.15) is 0 Å². The zero-order chi connectivity index (χ0) is 42.1. The molecule has 1 aromatic heterocycles. The van der Waals surface area contributed by atoms with Crippen LogP contribution in [-0.4, -0.2) is 76.2 Å². The van der Waals surface area contributed by atoms with Crippen LogP contribution in [0.5, 0.6) is 5.75 Å². The Morgan fingerprint density at radius 2 is 1.46 bits per heavy atom. The lowest BCUT2D eigenvalue weighted by atomic mass is 9.85. The molecular formula is C51H54N4O6. The van der Waals surface area contributed by atoms with Gasteiger partial charge in [-0.15, -0.1) is 0 Å². The number of aromatic nitrogens is 1. The number of phenolic OH excluding ortho intramolecular Hbond substituents is 1. The summed E-state index contributed by atoms with van der Waals surface area (Å²) in [4.78, 5) is 46.3. The van der Waals surface area contributed by atoms with Gasteiger partial charge in [0.2, 0.25) is 5.56 Å². The van der Waals surface area contributed by atoms with Gasteiger partial charge < -0.3 is 30.2 Å². The number of aromatic amines is 1. The van der Waals surface area contributed by atoms with Crippen molar-refractivity contribution in [1.29, 1.82) is 0 Å². The highest BCUT2D eigenvalue weighted by Crippen LogP contribution is 2.34. The maximum Gasteiger partial charge on any atom is 0.317 e. The minimum Gasteiger partial charge on any atom is -0.506 e. The van der Waals surface area contributed by atoms with E-state index in [0.29, 0.717) is 54.2 Å². The maximum absolute atomic E-state index is 13.9. The molecule has 2 unspecified atom stereocenters. The van der Waals surface area contributed by atoms with E-state index in [1.807, 2.05) is 77.7 Å². The molecule has 6 aromatic rings. The molecule has 8 rings (SSSR count). The van der Waals surface area contributed by atoms with Crippen LogP contribution in [0, 0.1) is 5.92 Å². The third-order valence-electron chi connectivity index (χ3n) is 12.4. The van der Waals surface area contributed by atoms with Gasteiger partial charge in [0.05, 0.1) is 18.2 Å². The third kappa shape index (κ3) is 10.3. The highest BCUT2D eigenvalue weighted by molar-refractivity contribution is 5.94. The summed E-state index contributed by atoms with van der Waals surface area (Å²) in [6, 6.07) is 42.5. The van der Waals surface area contributed by atoms with E-state index < -0.39 is 12.0 Å². The van der Waals surface area contributed by atoms with E-state index in [9.17, 15) is 24.6 Å². The quantitative estimate of drug-likeness (QED) is 0.0824. The van der Waals surface area contributed by atoms with Crippen LogP contribution in [0.1, 0.15) is 87.4 Å². The average Bonchev–Trinajstić information content (AvgIpc) is 3.30. The maximum atomic E-state index is 13.9. The Balaban J connectivity index is 0.828. The summed E-state index contributed by atoms with van der Waals surface area (Å²) in [7, 11) is 0. The first-order valence-electron chi connectivity index (χ1n) is 21.5. The number of carbonyl (C=O) groups excluding carboxylic acids is 2. The normalized spacial score (nSPS) is 16.3. The van der Waals surface area contributed by atoms with Gasteiger partial charge in [0.25, 0.3) is 5.91 Å². The topological polar surface area (TPSA) is 135 Å². The van der Waals surface area contributed by atoms with Crippen LogP contribution >= 0.6 is 0 Å². The van der Waals surface area contributed by atoms with Crippen molar-refractivity contribution in [2.24, 2.45) is 5.92 Å². The summed E-state index contributed by atoms with van der Waals surface area (Å²) in [5, 5.41) is 24.9. The van der Waals surface area contributed by atoms with Gasteiger partial charge in [-0.25, -0.2) is 0 Å². The minimum absolute atomic E-state index is 0.00753. The molecule has 2 atom stereocenters. The van der Waals surface area contributed by atoms with Crippen molar-refractivity contribution < 1.29 is 24.5 Å². The number of aliphatic hydroxyl groups excluding tert-OH is 1. The summed E-state index contributed by atoms with van der Waals surface area (Å²) in [6.45, 7) is 5.41. The molecule has 0 radical (unpaired) electrons. The van der Waals surface area contributed by atoms with Crippen LogP contribution in [0.4, 0.5) is 0 Å². The lowest BCUT2D eigenvalue weighted by Gasteiger charge is -2.33. The minimum atomic E-state index is -0.864. The number of aliphatic hydroxyl groups is 1. The van der Waals surface area contributed by atoms with Crippen molar-refractivity contribution in [1.82, 2.24) is 20.1 Å². The zero-order valence-corrected chi connectivity index (χ0v) is 34.4. The average molecular weight is 819 g/mol. The van der Waals surface area contributed by atoms with Crippen molar-refractivity contribution in [2.75, 3.05) is 39.3 Å². The summed E-state index contributed by atoms with van der Waals surface area (Å²) in [5.74, 6) is -0.154. The van der Waals surface area contributed by atoms with E-state index in [-0.39, 0.29) is 35.6 Å². The van der Waals surface area contributed by atoms with Crippen LogP contribution in [0.15, 0.2) is 138 Å². The molecule has 2 saturated heterocycles. The SMILES string of the molecule is O=C(OCC1CCN(Cc2ccccc2)CC1)C(c1ccccc1)c1cccc(C2CCN(C(=O)c3ccc(CNCC(O)c4ccc(O)c5[nH]c(=O)ccc45)cc3)CC2)c1. The van der Waals surface area contributed by atoms with Crippen molar-refractivity contribution in [3.05, 3.63) is 183 Å². The number of aromatic hydroxyl groups is 1. The highest BCUT2D eigenvalue weighted by atomic mass is 16.5. The zero-order valence-electron chi connectivity index (χ0n) is 34.4. The van der Waals surface area contributed by atoms with Gasteiger partial charge in [0, 0.05) is 49.7 Å². The molecule has 61 heavy (non-hydrogen) atoms. The number of nitrogens with one attached hydrogen (secondary N) is 2. The van der Waals surface area contributed by atoms with E-state index in [4.69, 9.17) is 4.74 Å². The molecule has 3 heterocycles. The van der Waals surface area contributed by atoms with E-state index in [1.54, 1.807) is 12.1 Å². The molecule has 2 aliphatic rings. The number of piperidine rings is 2. The van der Waals surface area contributed by atoms with E-state index in [1.165, 1.54) is 23.3 Å². The molecule has 10 nitrogen and oxygen atoms in total. The van der Waals surface area contributed by atoms with E-state index >= 15 is 0 Å². The summed E-state index contributed by atoms with van der Waals surface area (Å²) in [5.41, 5.74) is 6.53. The first kappa shape index (κ1) is 41.7. The Hall–Kier alpha value is -6.07. The molecule has 0 saturated carbocycles. The molecule has 0 spiro atoms. The lowest BCUT2D eigenvalue weighted by Crippen LogP contribution is -2.38. The van der Waals surface area contributed by atoms with Gasteiger partial charge in [-0.3, -0.25) is 19.3 Å². The van der Waals surface area contributed by atoms with Gasteiger partial charge in [0.15, 0.2) is 0 Å². The number of carbonyl (C=O) groups is 2. The number of pyridine rings is 1. The molecular weight excluding hydrogens is 765 g/mol. The second-order valence-corrected chi connectivity index (χ2v) is 16.5. The number of nitrogens with zero attached hydrogens (tertiary/aromatic N) is 2. The van der Waals surface area contributed by atoms with Crippen molar-refractivity contribution in [2.45, 2.75) is 56.7 Å². The van der Waals surface area contributed by atoms with Crippen LogP contribution < -0.4 is 10.9 Å². The number of ether oxygens (including phenoxy) is 1. The number of amides is 1. The lowest BCUT2D eigenvalue weighted by molar-refractivity contribution is -0.146. The van der Waals surface area contributed by atoms with Gasteiger partial charge in [-0.1, -0.05) is 103 Å².